The van der Waals surface area contributed by atoms with Crippen molar-refractivity contribution in [3.05, 3.63) is 46.6 Å². The molecule has 1 aromatic heterocycles. The zero-order valence-electron chi connectivity index (χ0n) is 21.3. The Labute approximate surface area is 151 Å². The van der Waals surface area contributed by atoms with Crippen LogP contribution in [0, 0.1) is 20.6 Å². The van der Waals surface area contributed by atoms with E-state index in [2.05, 4.69) is 45.8 Å². The topological polar surface area (TPSA) is 3.88 Å². The molecule has 0 saturated carbocycles. The Hall–Kier alpha value is -1.41. The lowest BCUT2D eigenvalue weighted by Crippen LogP contribution is -2.47. The van der Waals surface area contributed by atoms with Gasteiger partial charge in [0.2, 0.25) is 5.69 Å². The molecule has 1 heterocycles. The Morgan fingerprint density at radius 3 is 2.13 bits per heavy atom. The molecule has 0 aliphatic heterocycles. The number of benzene rings is 1. The third kappa shape index (κ3) is 3.58. The maximum absolute atomic E-state index is 7.89. The second-order valence-corrected chi connectivity index (χ2v) is 12.8. The standard InChI is InChI=1S/C21H32NSi/c1-14(2)18-12-20(22(6)13-21(18)23(7,8)9)19-11-16(4)15(3)10-17(19)5/h10-14H,1-9H3/q+1/i3D3,4D3. The van der Waals surface area contributed by atoms with E-state index in [4.69, 9.17) is 8.22 Å². The van der Waals surface area contributed by atoms with Crippen molar-refractivity contribution in [1.29, 1.82) is 0 Å². The molecular formula is C21H32NSi+. The summed E-state index contributed by atoms with van der Waals surface area (Å²) in [7, 11) is 0.398. The van der Waals surface area contributed by atoms with Crippen LogP contribution in [0.2, 0.25) is 19.6 Å². The molecule has 0 saturated heterocycles. The zero-order chi connectivity index (χ0) is 22.5. The number of rotatable bonds is 3. The van der Waals surface area contributed by atoms with Crippen LogP contribution in [0.5, 0.6) is 0 Å². The average Bonchev–Trinajstić information content (AvgIpc) is 2.51. The van der Waals surface area contributed by atoms with E-state index >= 15 is 0 Å². The van der Waals surface area contributed by atoms with Gasteiger partial charge in [-0.1, -0.05) is 39.6 Å². The number of aryl methyl sites for hydroxylation is 4. The maximum Gasteiger partial charge on any atom is 0.212 e. The highest BCUT2D eigenvalue weighted by atomic mass is 28.3. The predicted octanol–water partition coefficient (Wildman–Crippen LogP) is 4.77. The van der Waals surface area contributed by atoms with E-state index in [1.807, 2.05) is 18.5 Å². The Morgan fingerprint density at radius 2 is 1.61 bits per heavy atom. The van der Waals surface area contributed by atoms with E-state index < -0.39 is 21.8 Å². The minimum Gasteiger partial charge on any atom is -0.201 e. The van der Waals surface area contributed by atoms with Gasteiger partial charge in [-0.15, -0.1) is 0 Å². The van der Waals surface area contributed by atoms with E-state index in [-0.39, 0.29) is 11.1 Å². The summed E-state index contributed by atoms with van der Waals surface area (Å²) >= 11 is 0. The summed E-state index contributed by atoms with van der Waals surface area (Å²) in [5, 5.41) is 1.38. The molecule has 23 heavy (non-hydrogen) atoms. The summed E-state index contributed by atoms with van der Waals surface area (Å²) in [6.45, 7) is 8.16. The number of pyridine rings is 1. The molecule has 0 aliphatic carbocycles. The molecule has 0 bridgehead atoms. The fourth-order valence-electron chi connectivity index (χ4n) is 3.02. The first-order valence-electron chi connectivity index (χ1n) is 11.1. The molecule has 0 fully saturated rings. The van der Waals surface area contributed by atoms with Crippen LogP contribution in [0.1, 0.15) is 50.2 Å². The molecule has 0 radical (unpaired) electrons. The van der Waals surface area contributed by atoms with Gasteiger partial charge < -0.3 is 0 Å². The van der Waals surface area contributed by atoms with Crippen LogP contribution >= 0.6 is 0 Å². The molecule has 0 aliphatic rings. The molecule has 0 atom stereocenters. The molecule has 0 spiro atoms. The monoisotopic (exact) mass is 332 g/mol. The largest absolute Gasteiger partial charge is 0.212 e. The van der Waals surface area contributed by atoms with Crippen LogP contribution in [0.3, 0.4) is 0 Å². The molecule has 124 valence electrons. The van der Waals surface area contributed by atoms with Crippen molar-refractivity contribution in [3.8, 4) is 11.3 Å². The van der Waals surface area contributed by atoms with E-state index in [0.717, 1.165) is 16.8 Å². The fraction of sp³-hybridized carbons (Fsp3) is 0.476. The van der Waals surface area contributed by atoms with Gasteiger partial charge in [0, 0.05) is 25.0 Å². The number of nitrogens with zero attached hydrogens (tertiary/aromatic N) is 1. The van der Waals surface area contributed by atoms with Gasteiger partial charge in [0.25, 0.3) is 0 Å². The minimum atomic E-state index is -2.50. The summed E-state index contributed by atoms with van der Waals surface area (Å²) in [4.78, 5) is 0. The first kappa shape index (κ1) is 11.2. The van der Waals surface area contributed by atoms with Gasteiger partial charge in [-0.05, 0) is 54.9 Å². The first-order valence-corrected chi connectivity index (χ1v) is 11.6. The van der Waals surface area contributed by atoms with Gasteiger partial charge in [0.1, 0.15) is 7.05 Å². The second-order valence-electron chi connectivity index (χ2n) is 7.76. The highest BCUT2D eigenvalue weighted by molar-refractivity contribution is 6.89. The van der Waals surface area contributed by atoms with Crippen LogP contribution in [0.15, 0.2) is 24.4 Å². The molecule has 2 rings (SSSR count). The highest BCUT2D eigenvalue weighted by Gasteiger charge is 2.27. The number of hydrogen-bond acceptors (Lipinski definition) is 0. The number of hydrogen-bond donors (Lipinski definition) is 0. The first-order chi connectivity index (χ1) is 12.9. The van der Waals surface area contributed by atoms with E-state index in [1.165, 1.54) is 16.8 Å². The van der Waals surface area contributed by atoms with Gasteiger partial charge in [-0.3, -0.25) is 0 Å². The van der Waals surface area contributed by atoms with Gasteiger partial charge in [0.15, 0.2) is 6.20 Å². The zero-order valence-corrected chi connectivity index (χ0v) is 16.3. The Morgan fingerprint density at radius 1 is 1.00 bits per heavy atom. The normalized spacial score (nSPS) is 17.0. The number of aromatic nitrogens is 1. The van der Waals surface area contributed by atoms with E-state index in [1.54, 1.807) is 6.07 Å². The molecule has 0 N–H and O–H groups in total. The third-order valence-electron chi connectivity index (χ3n) is 4.38. The molecule has 0 amide bonds. The van der Waals surface area contributed by atoms with Crippen LogP contribution in [0.25, 0.3) is 11.3 Å². The van der Waals surface area contributed by atoms with Crippen LogP contribution in [0.4, 0.5) is 0 Å². The lowest BCUT2D eigenvalue weighted by Gasteiger charge is -2.22. The summed E-state index contributed by atoms with van der Waals surface area (Å²) in [6, 6.07) is 5.22. The van der Waals surface area contributed by atoms with Gasteiger partial charge in [-0.2, -0.15) is 0 Å². The average molecular weight is 333 g/mol. The molecule has 1 nitrogen and oxygen atoms in total. The lowest BCUT2D eigenvalue weighted by atomic mass is 9.95. The highest BCUT2D eigenvalue weighted by Crippen LogP contribution is 2.26. The second kappa shape index (κ2) is 6.24. The summed E-state index contributed by atoms with van der Waals surface area (Å²) in [6.07, 6.45) is 2.17. The van der Waals surface area contributed by atoms with Crippen molar-refractivity contribution in [3.63, 3.8) is 0 Å². The van der Waals surface area contributed by atoms with Crippen molar-refractivity contribution in [2.75, 3.05) is 0 Å². The van der Waals surface area contributed by atoms with Gasteiger partial charge >= 0.3 is 0 Å². The van der Waals surface area contributed by atoms with Crippen molar-refractivity contribution in [2.24, 2.45) is 7.05 Å². The maximum atomic E-state index is 7.89. The van der Waals surface area contributed by atoms with E-state index in [0.29, 0.717) is 5.92 Å². The SMILES string of the molecule is [2H]C([2H])([2H])c1cc(C)c(-c2cc(C(C)C)c([Si](C)(C)C)c[n+]2C)cc1C([2H])([2H])[2H]. The Kier molecular flexibility index (Phi) is 3.04. The molecule has 2 heteroatoms. The predicted molar refractivity (Wildman–Crippen MR) is 104 cm³/mol. The van der Waals surface area contributed by atoms with Crippen LogP contribution < -0.4 is 9.75 Å². The minimum absolute atomic E-state index is 0.0933. The Bertz CT molecular complexity index is 921. The molecular weight excluding hydrogens is 294 g/mol. The molecule has 2 aromatic rings. The molecule has 0 unspecified atom stereocenters. The lowest BCUT2D eigenvalue weighted by molar-refractivity contribution is -0.659. The summed E-state index contributed by atoms with van der Waals surface area (Å²) in [5.74, 6) is 0.334. The smallest absolute Gasteiger partial charge is 0.201 e. The van der Waals surface area contributed by atoms with Crippen molar-refractivity contribution < 1.29 is 12.8 Å². The molecule has 1 aromatic carbocycles. The summed E-state index contributed by atoms with van der Waals surface area (Å²) < 4.78 is 49.0. The third-order valence-corrected chi connectivity index (χ3v) is 6.41. The van der Waals surface area contributed by atoms with Crippen LogP contribution in [-0.4, -0.2) is 8.07 Å². The van der Waals surface area contributed by atoms with E-state index in [9.17, 15) is 0 Å². The van der Waals surface area contributed by atoms with Gasteiger partial charge in [0.05, 0.1) is 8.07 Å². The van der Waals surface area contributed by atoms with Crippen LogP contribution in [-0.2, 0) is 7.05 Å². The van der Waals surface area contributed by atoms with Gasteiger partial charge in [-0.25, -0.2) is 4.57 Å². The quantitative estimate of drug-likeness (QED) is 0.563. The van der Waals surface area contributed by atoms with Crippen molar-refractivity contribution >= 4 is 13.3 Å². The summed E-state index contributed by atoms with van der Waals surface area (Å²) in [5.41, 5.74) is 3.50. The van der Waals surface area contributed by atoms with Crippen molar-refractivity contribution in [2.45, 2.75) is 60.0 Å². The van der Waals surface area contributed by atoms with Crippen molar-refractivity contribution in [1.82, 2.24) is 0 Å². The Balaban J connectivity index is 2.87. The fourth-order valence-corrected chi connectivity index (χ4v) is 4.83.